The fourth-order valence-electron chi connectivity index (χ4n) is 2.05. The van der Waals surface area contributed by atoms with Crippen LogP contribution in [-0.4, -0.2) is 21.6 Å². The van der Waals surface area contributed by atoms with Crippen molar-refractivity contribution in [3.05, 3.63) is 69.0 Å². The number of nitro benzene ring substituents is 1. The van der Waals surface area contributed by atoms with Crippen LogP contribution in [0.3, 0.4) is 0 Å². The van der Waals surface area contributed by atoms with Gasteiger partial charge in [0.25, 0.3) is 5.69 Å². The molecule has 0 aliphatic carbocycles. The van der Waals surface area contributed by atoms with Gasteiger partial charge in [0.05, 0.1) is 16.4 Å². The summed E-state index contributed by atoms with van der Waals surface area (Å²) in [4.78, 5) is 27.6. The molecule has 0 fully saturated rings. The summed E-state index contributed by atoms with van der Waals surface area (Å²) in [5.74, 6) is 0.100. The minimum absolute atomic E-state index is 0.0248. The Hall–Kier alpha value is -2.42. The second-order valence-electron chi connectivity index (χ2n) is 5.13. The highest BCUT2D eigenvalue weighted by atomic mass is 35.5. The van der Waals surface area contributed by atoms with Gasteiger partial charge in [0.15, 0.2) is 5.13 Å². The smallest absolute Gasteiger partial charge is 0.269 e. The fourth-order valence-corrected chi connectivity index (χ4v) is 3.61. The monoisotopic (exact) mass is 405 g/mol. The Balaban J connectivity index is 1.58. The number of hydrogen-bond acceptors (Lipinski definition) is 6. The lowest BCUT2D eigenvalue weighted by Gasteiger charge is -2.02. The van der Waals surface area contributed by atoms with Crippen LogP contribution < -0.4 is 5.32 Å². The van der Waals surface area contributed by atoms with Gasteiger partial charge in [-0.15, -0.1) is 23.1 Å². The number of hydrogen-bond donors (Lipinski definition) is 1. The summed E-state index contributed by atoms with van der Waals surface area (Å²) < 4.78 is 0. The van der Waals surface area contributed by atoms with Crippen molar-refractivity contribution in [1.29, 1.82) is 0 Å². The number of halogens is 1. The minimum Gasteiger partial charge on any atom is -0.301 e. The summed E-state index contributed by atoms with van der Waals surface area (Å²) >= 11 is 8.54. The number of rotatable bonds is 6. The predicted molar refractivity (Wildman–Crippen MR) is 105 cm³/mol. The summed E-state index contributed by atoms with van der Waals surface area (Å²) in [6.45, 7) is 0. The maximum Gasteiger partial charge on any atom is 0.269 e. The number of non-ortho nitro benzene ring substituents is 1. The first-order chi connectivity index (χ1) is 12.5. The molecular formula is C17H12ClN3O3S2. The normalized spacial score (nSPS) is 10.5. The van der Waals surface area contributed by atoms with Crippen molar-refractivity contribution in [3.8, 4) is 11.3 Å². The summed E-state index contributed by atoms with van der Waals surface area (Å²) in [5.41, 5.74) is 1.44. The van der Waals surface area contributed by atoms with Crippen molar-refractivity contribution in [2.45, 2.75) is 4.90 Å². The third-order valence-corrected chi connectivity index (χ3v) is 5.33. The summed E-state index contributed by atoms with van der Waals surface area (Å²) in [6.07, 6.45) is 0. The Bertz CT molecular complexity index is 927. The third-order valence-electron chi connectivity index (χ3n) is 3.31. The van der Waals surface area contributed by atoms with E-state index in [1.807, 2.05) is 12.1 Å². The van der Waals surface area contributed by atoms with Crippen LogP contribution in [0.4, 0.5) is 10.8 Å². The molecule has 0 atom stereocenters. The third kappa shape index (κ3) is 4.81. The lowest BCUT2D eigenvalue weighted by Crippen LogP contribution is -2.13. The van der Waals surface area contributed by atoms with E-state index in [1.165, 1.54) is 35.2 Å². The van der Waals surface area contributed by atoms with Crippen LogP contribution in [0.25, 0.3) is 11.3 Å². The number of carbonyl (C=O) groups is 1. The molecule has 0 saturated heterocycles. The van der Waals surface area contributed by atoms with Crippen LogP contribution in [0, 0.1) is 10.1 Å². The van der Waals surface area contributed by atoms with Gasteiger partial charge in [-0.1, -0.05) is 11.6 Å². The fraction of sp³-hybridized carbons (Fsp3) is 0.0588. The molecule has 9 heteroatoms. The molecule has 1 amide bonds. The van der Waals surface area contributed by atoms with Gasteiger partial charge >= 0.3 is 0 Å². The maximum absolute atomic E-state index is 12.1. The van der Waals surface area contributed by atoms with E-state index in [1.54, 1.807) is 29.6 Å². The molecule has 1 aromatic heterocycles. The topological polar surface area (TPSA) is 85.1 Å². The molecule has 1 N–H and O–H groups in total. The molecule has 26 heavy (non-hydrogen) atoms. The van der Waals surface area contributed by atoms with Crippen LogP contribution in [0.5, 0.6) is 0 Å². The number of benzene rings is 2. The van der Waals surface area contributed by atoms with E-state index < -0.39 is 4.92 Å². The first-order valence-corrected chi connectivity index (χ1v) is 9.64. The summed E-state index contributed by atoms with van der Waals surface area (Å²) in [7, 11) is 0. The van der Waals surface area contributed by atoms with Crippen molar-refractivity contribution < 1.29 is 9.72 Å². The Morgan fingerprint density at radius 1 is 1.19 bits per heavy atom. The molecule has 0 bridgehead atoms. The Labute approximate surface area is 162 Å². The Kier molecular flexibility index (Phi) is 5.87. The second-order valence-corrected chi connectivity index (χ2v) is 7.48. The number of nitrogens with one attached hydrogen (secondary N) is 1. The molecule has 0 saturated carbocycles. The van der Waals surface area contributed by atoms with E-state index in [0.717, 1.165) is 10.5 Å². The molecule has 132 valence electrons. The molecule has 0 aliphatic heterocycles. The molecule has 0 radical (unpaired) electrons. The van der Waals surface area contributed by atoms with Crippen molar-refractivity contribution in [1.82, 2.24) is 4.98 Å². The summed E-state index contributed by atoms with van der Waals surface area (Å²) in [6, 6.07) is 13.4. The quantitative estimate of drug-likeness (QED) is 0.350. The van der Waals surface area contributed by atoms with E-state index >= 15 is 0 Å². The highest BCUT2D eigenvalue weighted by Gasteiger charge is 2.10. The van der Waals surface area contributed by atoms with Gasteiger partial charge in [-0.2, -0.15) is 0 Å². The van der Waals surface area contributed by atoms with E-state index in [4.69, 9.17) is 11.6 Å². The molecule has 6 nitrogen and oxygen atoms in total. The molecule has 2 aromatic carbocycles. The number of carbonyl (C=O) groups excluding carboxylic acids is 1. The van der Waals surface area contributed by atoms with Gasteiger partial charge in [-0.3, -0.25) is 14.9 Å². The van der Waals surface area contributed by atoms with Crippen LogP contribution in [-0.2, 0) is 4.79 Å². The number of amides is 1. The second kappa shape index (κ2) is 8.31. The van der Waals surface area contributed by atoms with E-state index in [2.05, 4.69) is 10.3 Å². The van der Waals surface area contributed by atoms with E-state index in [-0.39, 0.29) is 17.3 Å². The van der Waals surface area contributed by atoms with Gasteiger partial charge in [0.1, 0.15) is 0 Å². The van der Waals surface area contributed by atoms with Crippen molar-refractivity contribution in [3.63, 3.8) is 0 Å². The zero-order valence-electron chi connectivity index (χ0n) is 13.2. The molecule has 3 rings (SSSR count). The molecule has 0 aliphatic rings. The van der Waals surface area contributed by atoms with Gasteiger partial charge < -0.3 is 5.32 Å². The van der Waals surface area contributed by atoms with E-state index in [9.17, 15) is 14.9 Å². The average molecular weight is 406 g/mol. The molecule has 1 heterocycles. The first kappa shape index (κ1) is 18.4. The zero-order chi connectivity index (χ0) is 18.5. The first-order valence-electron chi connectivity index (χ1n) is 7.40. The standard InChI is InChI=1S/C17H12ClN3O3S2/c18-12-3-7-14(8-4-12)25-10-16(22)20-17-19-15(9-26-17)11-1-5-13(6-2-11)21(23)24/h1-9H,10H2,(H,19,20,22). The van der Waals surface area contributed by atoms with Gasteiger partial charge in [-0.25, -0.2) is 4.98 Å². The number of nitrogens with zero attached hydrogens (tertiary/aromatic N) is 2. The SMILES string of the molecule is O=C(CSc1ccc(Cl)cc1)Nc1nc(-c2ccc([N+](=O)[O-])cc2)cs1. The average Bonchev–Trinajstić information content (AvgIpc) is 3.10. The van der Waals surface area contributed by atoms with Crippen LogP contribution in [0.1, 0.15) is 0 Å². The van der Waals surface area contributed by atoms with Crippen LogP contribution in [0.15, 0.2) is 58.8 Å². The number of nitro groups is 1. The highest BCUT2D eigenvalue weighted by Crippen LogP contribution is 2.27. The van der Waals surface area contributed by atoms with Gasteiger partial charge in [0, 0.05) is 33.0 Å². The Morgan fingerprint density at radius 2 is 1.88 bits per heavy atom. The number of anilines is 1. The zero-order valence-corrected chi connectivity index (χ0v) is 15.6. The summed E-state index contributed by atoms with van der Waals surface area (Å²) in [5, 5.41) is 16.4. The number of thioether (sulfide) groups is 1. The van der Waals surface area contributed by atoms with Crippen molar-refractivity contribution in [2.75, 3.05) is 11.1 Å². The lowest BCUT2D eigenvalue weighted by atomic mass is 10.1. The highest BCUT2D eigenvalue weighted by molar-refractivity contribution is 8.00. The predicted octanol–water partition coefficient (Wildman–Crippen LogP) is 5.10. The molecule has 0 spiro atoms. The van der Waals surface area contributed by atoms with Crippen LogP contribution >= 0.6 is 34.7 Å². The minimum atomic E-state index is -0.450. The van der Waals surface area contributed by atoms with Crippen LogP contribution in [0.2, 0.25) is 5.02 Å². The Morgan fingerprint density at radius 3 is 2.54 bits per heavy atom. The number of aromatic nitrogens is 1. The maximum atomic E-state index is 12.1. The van der Waals surface area contributed by atoms with Gasteiger partial charge in [0.2, 0.25) is 5.91 Å². The van der Waals surface area contributed by atoms with Gasteiger partial charge in [-0.05, 0) is 36.4 Å². The molecule has 3 aromatic rings. The lowest BCUT2D eigenvalue weighted by molar-refractivity contribution is -0.384. The largest absolute Gasteiger partial charge is 0.301 e. The molecular weight excluding hydrogens is 394 g/mol. The molecule has 0 unspecified atom stereocenters. The van der Waals surface area contributed by atoms with E-state index in [0.29, 0.717) is 15.8 Å². The number of thiazole rings is 1. The van der Waals surface area contributed by atoms with Crippen molar-refractivity contribution >= 4 is 51.4 Å². The van der Waals surface area contributed by atoms with Crippen molar-refractivity contribution in [2.24, 2.45) is 0 Å².